The Hall–Kier alpha value is -4.39. The van der Waals surface area contributed by atoms with Gasteiger partial charge in [0.15, 0.2) is 0 Å². The number of rotatable bonds is 8. The number of amides is 3. The van der Waals surface area contributed by atoms with E-state index in [1.165, 1.54) is 0 Å². The number of nitrogens with one attached hydrogen (secondary N) is 3. The zero-order chi connectivity index (χ0) is 26.9. The molecule has 0 aliphatic carbocycles. The molecule has 198 valence electrons. The van der Waals surface area contributed by atoms with Crippen LogP contribution in [0.3, 0.4) is 0 Å². The summed E-state index contributed by atoms with van der Waals surface area (Å²) >= 11 is 0. The van der Waals surface area contributed by atoms with Gasteiger partial charge in [0.1, 0.15) is 12.1 Å². The van der Waals surface area contributed by atoms with Crippen molar-refractivity contribution in [1.82, 2.24) is 20.5 Å². The number of carbonyl (C=O) groups excluding carboxylic acids is 3. The highest BCUT2D eigenvalue weighted by Gasteiger charge is 2.49. The number of H-pyrrole nitrogens is 1. The van der Waals surface area contributed by atoms with Gasteiger partial charge in [-0.15, -0.1) is 0 Å². The van der Waals surface area contributed by atoms with E-state index in [-0.39, 0.29) is 23.8 Å². The lowest BCUT2D eigenvalue weighted by Crippen LogP contribution is -2.57. The fourth-order valence-corrected chi connectivity index (χ4v) is 5.98. The second-order valence-electron chi connectivity index (χ2n) is 10.4. The molecule has 0 saturated carbocycles. The van der Waals surface area contributed by atoms with Gasteiger partial charge in [0.2, 0.25) is 11.8 Å². The highest BCUT2D eigenvalue weighted by Crippen LogP contribution is 2.46. The molecule has 3 amide bonds. The minimum atomic E-state index is -0.750. The molecule has 0 spiro atoms. The molecule has 0 bridgehead atoms. The Balaban J connectivity index is 1.35. The molecule has 1 aromatic heterocycles. The number of para-hydroxylation sites is 1. The van der Waals surface area contributed by atoms with Gasteiger partial charge in [0.05, 0.1) is 6.04 Å². The highest BCUT2D eigenvalue weighted by molar-refractivity contribution is 6.04. The third-order valence-corrected chi connectivity index (χ3v) is 7.90. The van der Waals surface area contributed by atoms with E-state index in [2.05, 4.69) is 28.6 Å². The molecule has 0 radical (unpaired) electrons. The Bertz CT molecular complexity index is 1540. The maximum absolute atomic E-state index is 14.0. The Morgan fingerprint density at radius 3 is 2.56 bits per heavy atom. The molecule has 4 aromatic rings. The summed E-state index contributed by atoms with van der Waals surface area (Å²) in [5, 5.41) is 7.07. The van der Waals surface area contributed by atoms with Crippen LogP contribution in [0.2, 0.25) is 0 Å². The maximum Gasteiger partial charge on any atom is 0.255 e. The summed E-state index contributed by atoms with van der Waals surface area (Å²) in [5.74, 6) is -0.687. The van der Waals surface area contributed by atoms with Crippen molar-refractivity contribution in [2.45, 2.75) is 50.7 Å². The number of aromatic amines is 1. The van der Waals surface area contributed by atoms with Crippen molar-refractivity contribution < 1.29 is 14.4 Å². The van der Waals surface area contributed by atoms with Crippen molar-refractivity contribution in [3.63, 3.8) is 0 Å². The molecule has 7 nitrogen and oxygen atoms in total. The molecule has 0 fully saturated rings. The Kier molecular flexibility index (Phi) is 6.65. The lowest BCUT2D eigenvalue weighted by molar-refractivity contribution is -0.132. The number of fused-ring (bicyclic) bond motifs is 7. The van der Waals surface area contributed by atoms with Gasteiger partial charge in [-0.05, 0) is 35.2 Å². The van der Waals surface area contributed by atoms with Crippen LogP contribution in [0.25, 0.3) is 10.9 Å². The standard InChI is InChI=1S/C32H32N4O3/c1-2-3-17-33-30(37)26(18-20-11-5-4-6-12-20)35-31(38)27-19-24-21-13-9-10-16-25(21)34-28(24)29-22-14-7-8-15-23(22)32(39)36(27)29/h4-16,26-27,29,34H,2-3,17-19H2,1H3,(H,33,37)(H,35,38)/t26-,27-,29?/m0/s1. The number of nitrogens with zero attached hydrogens (tertiary/aromatic N) is 1. The van der Waals surface area contributed by atoms with E-state index in [0.29, 0.717) is 24.9 Å². The number of benzene rings is 3. The van der Waals surface area contributed by atoms with E-state index < -0.39 is 12.1 Å². The molecule has 3 heterocycles. The molecular weight excluding hydrogens is 488 g/mol. The number of hydrogen-bond donors (Lipinski definition) is 3. The van der Waals surface area contributed by atoms with Gasteiger partial charge in [-0.2, -0.15) is 0 Å². The largest absolute Gasteiger partial charge is 0.356 e. The average molecular weight is 521 g/mol. The second kappa shape index (κ2) is 10.4. The van der Waals surface area contributed by atoms with Crippen LogP contribution in [-0.4, -0.2) is 46.2 Å². The quantitative estimate of drug-likeness (QED) is 0.303. The van der Waals surface area contributed by atoms with Crippen LogP contribution in [0.1, 0.15) is 58.5 Å². The molecule has 6 rings (SSSR count). The molecule has 3 aromatic carbocycles. The third kappa shape index (κ3) is 4.48. The first kappa shape index (κ1) is 24.9. The van der Waals surface area contributed by atoms with Gasteiger partial charge < -0.3 is 20.5 Å². The molecule has 3 atom stereocenters. The molecule has 2 aliphatic rings. The van der Waals surface area contributed by atoms with E-state index in [1.807, 2.05) is 72.8 Å². The van der Waals surface area contributed by atoms with Crippen LogP contribution in [0.5, 0.6) is 0 Å². The summed E-state index contributed by atoms with van der Waals surface area (Å²) in [6.45, 7) is 2.62. The van der Waals surface area contributed by atoms with Crippen molar-refractivity contribution in [1.29, 1.82) is 0 Å². The minimum absolute atomic E-state index is 0.160. The zero-order valence-electron chi connectivity index (χ0n) is 21.9. The zero-order valence-corrected chi connectivity index (χ0v) is 21.9. The third-order valence-electron chi connectivity index (χ3n) is 7.90. The van der Waals surface area contributed by atoms with Crippen LogP contribution >= 0.6 is 0 Å². The summed E-state index contributed by atoms with van der Waals surface area (Å²) in [6.07, 6.45) is 2.57. The van der Waals surface area contributed by atoms with Crippen molar-refractivity contribution in [3.05, 3.63) is 107 Å². The van der Waals surface area contributed by atoms with Crippen molar-refractivity contribution in [2.75, 3.05) is 6.54 Å². The number of unbranched alkanes of at least 4 members (excludes halogenated alkanes) is 1. The Morgan fingerprint density at radius 2 is 1.74 bits per heavy atom. The molecule has 7 heteroatoms. The van der Waals surface area contributed by atoms with Gasteiger partial charge in [0, 0.05) is 41.5 Å². The van der Waals surface area contributed by atoms with Crippen LogP contribution in [0, 0.1) is 0 Å². The topological polar surface area (TPSA) is 94.3 Å². The summed E-state index contributed by atoms with van der Waals surface area (Å²) < 4.78 is 0. The predicted octanol–water partition coefficient (Wildman–Crippen LogP) is 4.28. The van der Waals surface area contributed by atoms with Gasteiger partial charge >= 0.3 is 0 Å². The van der Waals surface area contributed by atoms with Crippen LogP contribution in [-0.2, 0) is 22.4 Å². The first-order valence-electron chi connectivity index (χ1n) is 13.7. The fourth-order valence-electron chi connectivity index (χ4n) is 5.98. The maximum atomic E-state index is 14.0. The molecule has 39 heavy (non-hydrogen) atoms. The molecular formula is C32H32N4O3. The van der Waals surface area contributed by atoms with E-state index in [4.69, 9.17) is 0 Å². The normalized spacial score (nSPS) is 18.3. The van der Waals surface area contributed by atoms with Gasteiger partial charge in [0.25, 0.3) is 5.91 Å². The van der Waals surface area contributed by atoms with E-state index in [0.717, 1.165) is 46.1 Å². The number of carbonyl (C=O) groups is 3. The lowest BCUT2D eigenvalue weighted by atomic mass is 9.89. The van der Waals surface area contributed by atoms with Gasteiger partial charge in [-0.3, -0.25) is 14.4 Å². The Morgan fingerprint density at radius 1 is 1.00 bits per heavy atom. The van der Waals surface area contributed by atoms with Gasteiger partial charge in [-0.25, -0.2) is 0 Å². The Labute approximate surface area is 227 Å². The fraction of sp³-hybridized carbons (Fsp3) is 0.281. The second-order valence-corrected chi connectivity index (χ2v) is 10.4. The summed E-state index contributed by atoms with van der Waals surface area (Å²) in [4.78, 5) is 46.2. The summed E-state index contributed by atoms with van der Waals surface area (Å²) in [7, 11) is 0. The minimum Gasteiger partial charge on any atom is -0.356 e. The van der Waals surface area contributed by atoms with E-state index in [9.17, 15) is 14.4 Å². The molecule has 2 aliphatic heterocycles. The van der Waals surface area contributed by atoms with Crippen molar-refractivity contribution >= 4 is 28.6 Å². The van der Waals surface area contributed by atoms with Crippen molar-refractivity contribution in [2.24, 2.45) is 0 Å². The first-order chi connectivity index (χ1) is 19.1. The van der Waals surface area contributed by atoms with Gasteiger partial charge in [-0.1, -0.05) is 80.1 Å². The van der Waals surface area contributed by atoms with Crippen LogP contribution in [0.15, 0.2) is 78.9 Å². The van der Waals surface area contributed by atoms with E-state index in [1.54, 1.807) is 4.90 Å². The SMILES string of the molecule is CCCCNC(=O)[C@H](Cc1ccccc1)NC(=O)[C@@H]1Cc2c([nH]c3ccccc23)C2c3ccccc3C(=O)N21. The average Bonchev–Trinajstić information content (AvgIpc) is 3.48. The molecule has 0 saturated heterocycles. The van der Waals surface area contributed by atoms with E-state index >= 15 is 0 Å². The molecule has 1 unspecified atom stereocenters. The first-order valence-corrected chi connectivity index (χ1v) is 13.7. The number of aromatic nitrogens is 1. The predicted molar refractivity (Wildman–Crippen MR) is 150 cm³/mol. The lowest BCUT2D eigenvalue weighted by Gasteiger charge is -2.37. The van der Waals surface area contributed by atoms with Crippen LogP contribution < -0.4 is 10.6 Å². The van der Waals surface area contributed by atoms with Crippen molar-refractivity contribution in [3.8, 4) is 0 Å². The summed E-state index contributed by atoms with van der Waals surface area (Å²) in [6, 6.07) is 23.4. The summed E-state index contributed by atoms with van der Waals surface area (Å²) in [5.41, 5.74) is 5.45. The van der Waals surface area contributed by atoms with Crippen LogP contribution in [0.4, 0.5) is 0 Å². The smallest absolute Gasteiger partial charge is 0.255 e. The monoisotopic (exact) mass is 520 g/mol. The number of hydrogen-bond acceptors (Lipinski definition) is 3. The molecule has 3 N–H and O–H groups in total. The highest BCUT2D eigenvalue weighted by atomic mass is 16.2.